The van der Waals surface area contributed by atoms with Crippen LogP contribution in [0.5, 0.6) is 11.5 Å². The number of nitro groups is 1. The number of amides is 1. The number of nitrogens with zero attached hydrogens (tertiary/aromatic N) is 3. The standard InChI is InChI=1S/C25H24FN5O5/c1-13-7-15(3)23(18(8-13)31(33)34)29-25-24(28-21-6-5-16(26)11-30(21)25)22-14(2)9-17(35-4)10-19(22)36-12-20(27)32/h5-11,29H,12H2,1-4H3,(H2,27,32). The van der Waals surface area contributed by atoms with Crippen LogP contribution in [-0.4, -0.2) is 33.9 Å². The monoisotopic (exact) mass is 493 g/mol. The number of rotatable bonds is 8. The Bertz CT molecular complexity index is 1510. The molecular weight excluding hydrogens is 469 g/mol. The third-order valence-corrected chi connectivity index (χ3v) is 5.60. The first-order valence-electron chi connectivity index (χ1n) is 10.9. The van der Waals surface area contributed by atoms with Crippen molar-refractivity contribution in [2.24, 2.45) is 5.73 Å². The van der Waals surface area contributed by atoms with Gasteiger partial charge in [-0.15, -0.1) is 0 Å². The van der Waals surface area contributed by atoms with Gasteiger partial charge >= 0.3 is 0 Å². The second-order valence-electron chi connectivity index (χ2n) is 8.32. The van der Waals surface area contributed by atoms with E-state index in [2.05, 4.69) is 10.3 Å². The van der Waals surface area contributed by atoms with Crippen LogP contribution in [0.15, 0.2) is 42.6 Å². The highest BCUT2D eigenvalue weighted by Gasteiger charge is 2.25. The second-order valence-corrected chi connectivity index (χ2v) is 8.32. The zero-order valence-corrected chi connectivity index (χ0v) is 20.1. The summed E-state index contributed by atoms with van der Waals surface area (Å²) >= 11 is 0. The van der Waals surface area contributed by atoms with Crippen molar-refractivity contribution in [2.75, 3.05) is 19.0 Å². The molecule has 0 fully saturated rings. The summed E-state index contributed by atoms with van der Waals surface area (Å²) in [5.41, 5.74) is 8.61. The van der Waals surface area contributed by atoms with Gasteiger partial charge in [0.1, 0.15) is 40.2 Å². The van der Waals surface area contributed by atoms with Crippen LogP contribution in [0, 0.1) is 36.7 Å². The van der Waals surface area contributed by atoms with E-state index in [1.165, 1.54) is 35.9 Å². The maximum absolute atomic E-state index is 14.3. The molecule has 4 rings (SSSR count). The second kappa shape index (κ2) is 9.53. The van der Waals surface area contributed by atoms with E-state index in [-0.39, 0.29) is 22.9 Å². The first-order valence-corrected chi connectivity index (χ1v) is 10.9. The number of nitro benzene ring substituents is 1. The van der Waals surface area contributed by atoms with Crippen LogP contribution in [0.2, 0.25) is 0 Å². The van der Waals surface area contributed by atoms with E-state index in [9.17, 15) is 19.3 Å². The van der Waals surface area contributed by atoms with Crippen molar-refractivity contribution in [1.82, 2.24) is 9.38 Å². The number of carbonyl (C=O) groups is 1. The fourth-order valence-electron chi connectivity index (χ4n) is 4.09. The van der Waals surface area contributed by atoms with E-state index >= 15 is 0 Å². The number of anilines is 2. The molecule has 1 amide bonds. The van der Waals surface area contributed by atoms with E-state index in [1.807, 2.05) is 0 Å². The number of halogens is 1. The van der Waals surface area contributed by atoms with Crippen LogP contribution < -0.4 is 20.5 Å². The largest absolute Gasteiger partial charge is 0.497 e. The maximum atomic E-state index is 14.3. The van der Waals surface area contributed by atoms with Crippen molar-refractivity contribution in [3.05, 3.63) is 75.2 Å². The number of aromatic nitrogens is 2. The van der Waals surface area contributed by atoms with Gasteiger partial charge in [0.2, 0.25) is 0 Å². The number of hydrogen-bond donors (Lipinski definition) is 2. The van der Waals surface area contributed by atoms with Crippen LogP contribution in [0.3, 0.4) is 0 Å². The van der Waals surface area contributed by atoms with Gasteiger partial charge in [0.05, 0.1) is 12.0 Å². The number of pyridine rings is 1. The smallest absolute Gasteiger partial charge is 0.293 e. The minimum Gasteiger partial charge on any atom is -0.497 e. The Kier molecular flexibility index (Phi) is 6.47. The van der Waals surface area contributed by atoms with Crippen LogP contribution in [-0.2, 0) is 4.79 Å². The number of imidazole rings is 1. The van der Waals surface area contributed by atoms with E-state index in [1.54, 1.807) is 39.0 Å². The van der Waals surface area contributed by atoms with Gasteiger partial charge < -0.3 is 20.5 Å². The van der Waals surface area contributed by atoms with Gasteiger partial charge in [0.25, 0.3) is 11.6 Å². The number of methoxy groups -OCH3 is 1. The summed E-state index contributed by atoms with van der Waals surface area (Å²) in [4.78, 5) is 27.5. The summed E-state index contributed by atoms with van der Waals surface area (Å²) in [6.07, 6.45) is 1.23. The molecule has 4 aromatic rings. The summed E-state index contributed by atoms with van der Waals surface area (Å²) in [6, 6.07) is 9.35. The number of carbonyl (C=O) groups excluding carboxylic acids is 1. The third-order valence-electron chi connectivity index (χ3n) is 5.60. The zero-order valence-electron chi connectivity index (χ0n) is 20.1. The van der Waals surface area contributed by atoms with Gasteiger partial charge in [0, 0.05) is 23.9 Å². The van der Waals surface area contributed by atoms with Crippen molar-refractivity contribution in [3.8, 4) is 22.8 Å². The Morgan fingerprint density at radius 2 is 1.94 bits per heavy atom. The van der Waals surface area contributed by atoms with Crippen molar-refractivity contribution < 1.29 is 23.6 Å². The molecule has 0 unspecified atom stereocenters. The molecule has 0 saturated heterocycles. The van der Waals surface area contributed by atoms with Gasteiger partial charge in [-0.2, -0.15) is 0 Å². The van der Waals surface area contributed by atoms with Gasteiger partial charge in [0.15, 0.2) is 6.61 Å². The summed E-state index contributed by atoms with van der Waals surface area (Å²) in [5.74, 6) is -0.196. The third kappa shape index (κ3) is 4.63. The molecule has 186 valence electrons. The fourth-order valence-corrected chi connectivity index (χ4v) is 4.09. The highest BCUT2D eigenvalue weighted by atomic mass is 19.1. The molecule has 0 atom stereocenters. The molecular formula is C25H24FN5O5. The van der Waals surface area contributed by atoms with Gasteiger partial charge in [-0.1, -0.05) is 6.07 Å². The molecule has 2 aromatic carbocycles. The minimum atomic E-state index is -0.678. The Morgan fingerprint density at radius 3 is 2.61 bits per heavy atom. The molecule has 2 heterocycles. The number of aryl methyl sites for hydroxylation is 3. The number of benzene rings is 2. The number of hydrogen-bond acceptors (Lipinski definition) is 7. The average molecular weight is 493 g/mol. The van der Waals surface area contributed by atoms with Gasteiger partial charge in [-0.25, -0.2) is 9.37 Å². The fraction of sp³-hybridized carbons (Fsp3) is 0.200. The Hall–Kier alpha value is -4.67. The van der Waals surface area contributed by atoms with Crippen LogP contribution in [0.4, 0.5) is 21.6 Å². The van der Waals surface area contributed by atoms with E-state index < -0.39 is 23.3 Å². The van der Waals surface area contributed by atoms with E-state index in [0.29, 0.717) is 33.8 Å². The molecule has 0 bridgehead atoms. The number of nitrogens with one attached hydrogen (secondary N) is 1. The maximum Gasteiger partial charge on any atom is 0.293 e. The van der Waals surface area contributed by atoms with Gasteiger partial charge in [-0.3, -0.25) is 19.3 Å². The average Bonchev–Trinajstić information content (AvgIpc) is 3.15. The lowest BCUT2D eigenvalue weighted by Crippen LogP contribution is -2.20. The highest BCUT2D eigenvalue weighted by Crippen LogP contribution is 2.42. The normalized spacial score (nSPS) is 10.9. The summed E-state index contributed by atoms with van der Waals surface area (Å²) < 4.78 is 26.8. The molecule has 36 heavy (non-hydrogen) atoms. The molecule has 10 nitrogen and oxygen atoms in total. The first-order chi connectivity index (χ1) is 17.1. The topological polar surface area (TPSA) is 134 Å². The molecule has 11 heteroatoms. The van der Waals surface area contributed by atoms with Crippen LogP contribution in [0.1, 0.15) is 16.7 Å². The molecule has 0 saturated carbocycles. The minimum absolute atomic E-state index is 0.138. The summed E-state index contributed by atoms with van der Waals surface area (Å²) in [7, 11) is 1.49. The number of ether oxygens (including phenoxy) is 2. The molecule has 0 aliphatic carbocycles. The summed E-state index contributed by atoms with van der Waals surface area (Å²) in [6.45, 7) is 4.91. The number of fused-ring (bicyclic) bond motifs is 1. The van der Waals surface area contributed by atoms with Crippen LogP contribution in [0.25, 0.3) is 16.9 Å². The zero-order chi connectivity index (χ0) is 26.1. The lowest BCUT2D eigenvalue weighted by molar-refractivity contribution is -0.384. The first kappa shape index (κ1) is 24.5. The molecule has 0 aliphatic heterocycles. The Labute approximate surface area is 205 Å². The SMILES string of the molecule is COc1cc(C)c(-c2nc3ccc(F)cn3c2Nc2c(C)cc(C)cc2[N+](=O)[O-])c(OCC(N)=O)c1. The Balaban J connectivity index is 2.01. The van der Waals surface area contributed by atoms with Crippen molar-refractivity contribution >= 4 is 28.7 Å². The summed E-state index contributed by atoms with van der Waals surface area (Å²) in [5, 5.41) is 15.0. The lowest BCUT2D eigenvalue weighted by atomic mass is 10.0. The van der Waals surface area contributed by atoms with Crippen molar-refractivity contribution in [3.63, 3.8) is 0 Å². The van der Waals surface area contributed by atoms with Crippen molar-refractivity contribution in [2.45, 2.75) is 20.8 Å². The molecule has 3 N–H and O–H groups in total. The predicted octanol–water partition coefficient (Wildman–Crippen LogP) is 4.59. The number of nitrogens with two attached hydrogens (primary N) is 1. The van der Waals surface area contributed by atoms with Gasteiger partial charge in [-0.05, 0) is 55.7 Å². The van der Waals surface area contributed by atoms with E-state index in [0.717, 1.165) is 5.56 Å². The number of primary amides is 1. The molecule has 2 aromatic heterocycles. The Morgan fingerprint density at radius 1 is 1.19 bits per heavy atom. The molecule has 0 radical (unpaired) electrons. The lowest BCUT2D eigenvalue weighted by Gasteiger charge is -2.17. The van der Waals surface area contributed by atoms with E-state index in [4.69, 9.17) is 15.2 Å². The molecule has 0 aliphatic rings. The van der Waals surface area contributed by atoms with Crippen molar-refractivity contribution in [1.29, 1.82) is 0 Å². The predicted molar refractivity (Wildman–Crippen MR) is 132 cm³/mol. The molecule has 0 spiro atoms. The quantitative estimate of drug-likeness (QED) is 0.271. The highest BCUT2D eigenvalue weighted by molar-refractivity contribution is 5.87. The van der Waals surface area contributed by atoms with Crippen LogP contribution >= 0.6 is 0 Å².